The molecule has 0 aliphatic heterocycles. The van der Waals surface area contributed by atoms with Crippen LogP contribution in [0.25, 0.3) is 0 Å². The second kappa shape index (κ2) is 50.7. The highest BCUT2D eigenvalue weighted by Gasteiger charge is 2.22. The number of carbonyl (C=O) groups excluding carboxylic acids is 1. The summed E-state index contributed by atoms with van der Waals surface area (Å²) in [4.78, 5) is 12.4. The molecule has 0 bridgehead atoms. The lowest BCUT2D eigenvalue weighted by Crippen LogP contribution is -2.48. The Morgan fingerprint density at radius 2 is 0.787 bits per heavy atom. The van der Waals surface area contributed by atoms with Crippen molar-refractivity contribution in [1.82, 2.24) is 5.32 Å². The first-order chi connectivity index (χ1) is 30.1. The van der Waals surface area contributed by atoms with Gasteiger partial charge in [-0.15, -0.1) is 0 Å². The van der Waals surface area contributed by atoms with Crippen LogP contribution in [0, 0.1) is 0 Å². The second-order valence-electron chi connectivity index (χ2n) is 18.1. The Morgan fingerprint density at radius 3 is 1.18 bits per heavy atom. The molecule has 0 saturated heterocycles. The summed E-state index contributed by atoms with van der Waals surface area (Å²) in [6.45, 7) is 3.94. The Morgan fingerprint density at radius 1 is 0.443 bits per heavy atom. The molecule has 0 aromatic rings. The highest BCUT2D eigenvalue weighted by Crippen LogP contribution is 2.16. The molecule has 0 aromatic heterocycles. The minimum atomic E-state index is -1.11. The third kappa shape index (κ3) is 45.9. The molecule has 5 heteroatoms. The highest BCUT2D eigenvalue weighted by molar-refractivity contribution is 5.80. The van der Waals surface area contributed by atoms with E-state index in [1.54, 1.807) is 6.08 Å². The first kappa shape index (κ1) is 59.0. The van der Waals surface area contributed by atoms with E-state index in [0.29, 0.717) is 6.42 Å². The maximum absolute atomic E-state index is 12.4. The largest absolute Gasteiger partial charge is 0.394 e. The van der Waals surface area contributed by atoms with Crippen molar-refractivity contribution in [3.05, 3.63) is 60.8 Å². The number of unbranched alkanes of at least 4 members (excludes halogenated alkanes) is 33. The number of amides is 1. The zero-order valence-electron chi connectivity index (χ0n) is 40.5. The molecule has 1 amide bonds. The van der Waals surface area contributed by atoms with Gasteiger partial charge in [0.05, 0.1) is 18.8 Å². The van der Waals surface area contributed by atoms with Crippen LogP contribution in [0.4, 0.5) is 0 Å². The van der Waals surface area contributed by atoms with E-state index in [9.17, 15) is 20.1 Å². The van der Waals surface area contributed by atoms with Gasteiger partial charge in [-0.05, 0) is 71.1 Å². The molecule has 0 saturated carbocycles. The molecule has 0 aliphatic carbocycles. The smallest absolute Gasteiger partial charge is 0.249 e. The number of carbonyl (C=O) groups is 1. The lowest BCUT2D eigenvalue weighted by Gasteiger charge is -2.21. The lowest BCUT2D eigenvalue weighted by molar-refractivity contribution is -0.131. The van der Waals surface area contributed by atoms with Gasteiger partial charge in [-0.2, -0.15) is 0 Å². The molecule has 356 valence electrons. The van der Waals surface area contributed by atoms with Crippen LogP contribution in [-0.2, 0) is 4.79 Å². The number of rotatable bonds is 48. The average Bonchev–Trinajstić information content (AvgIpc) is 3.26. The van der Waals surface area contributed by atoms with Gasteiger partial charge in [-0.25, -0.2) is 0 Å². The molecule has 0 rings (SSSR count). The molecule has 0 aliphatic rings. The molecule has 3 unspecified atom stereocenters. The number of hydrogen-bond donors (Lipinski definition) is 4. The van der Waals surface area contributed by atoms with Crippen molar-refractivity contribution < 1.29 is 20.1 Å². The van der Waals surface area contributed by atoms with Gasteiger partial charge in [0.1, 0.15) is 6.10 Å². The van der Waals surface area contributed by atoms with Crippen LogP contribution in [0.3, 0.4) is 0 Å². The normalized spacial score (nSPS) is 13.9. The first-order valence-corrected chi connectivity index (χ1v) is 26.6. The fourth-order valence-corrected chi connectivity index (χ4v) is 8.02. The molecular weight excluding hydrogens is 751 g/mol. The summed E-state index contributed by atoms with van der Waals surface area (Å²) in [6.07, 6.45) is 69.2. The third-order valence-electron chi connectivity index (χ3n) is 12.2. The summed E-state index contributed by atoms with van der Waals surface area (Å²) in [6, 6.07) is -0.820. The van der Waals surface area contributed by atoms with Crippen molar-refractivity contribution in [1.29, 1.82) is 0 Å². The number of aliphatic hydroxyl groups is 3. The second-order valence-corrected chi connectivity index (χ2v) is 18.1. The minimum Gasteiger partial charge on any atom is -0.394 e. The summed E-state index contributed by atoms with van der Waals surface area (Å²) in [5, 5.41) is 33.0. The van der Waals surface area contributed by atoms with Crippen molar-refractivity contribution in [2.75, 3.05) is 6.61 Å². The number of allylic oxidation sites excluding steroid dienone is 9. The Labute approximate surface area is 379 Å². The zero-order valence-corrected chi connectivity index (χ0v) is 40.5. The predicted octanol–water partition coefficient (Wildman–Crippen LogP) is 16.2. The van der Waals surface area contributed by atoms with E-state index in [1.165, 1.54) is 193 Å². The first-order valence-electron chi connectivity index (χ1n) is 26.6. The number of hydrogen-bond acceptors (Lipinski definition) is 4. The van der Waals surface area contributed by atoms with Crippen molar-refractivity contribution in [3.8, 4) is 0 Å². The summed E-state index contributed by atoms with van der Waals surface area (Å²) < 4.78 is 0. The van der Waals surface area contributed by atoms with Crippen LogP contribution in [0.15, 0.2) is 60.8 Å². The molecule has 0 spiro atoms. The molecule has 4 N–H and O–H groups in total. The van der Waals surface area contributed by atoms with E-state index in [0.717, 1.165) is 51.4 Å². The van der Waals surface area contributed by atoms with E-state index in [1.807, 2.05) is 13.0 Å². The Bertz CT molecular complexity index is 1030. The SMILES string of the molecule is C/C=C/CC/C=C/CC/C=C/C(O)C(CO)NC(=O)C(O)CCCCCCCCCCCCCCCCCC/C=C\C/C=C\CCCCCCCCCCCCCCCCC. The standard InChI is InChI=1S/C56H103NO4/c1-3-5-7-9-11-13-14-15-16-17-18-19-20-21-22-23-24-25-26-27-28-29-30-31-32-33-34-35-36-37-38-39-40-41-43-45-47-49-51-55(60)56(61)57-53(52-58)54(59)50-48-46-44-42-12-10-8-6-4-2/h4,6,12,24-25,27-28,42,48,50,53-55,58-60H,3,5,7-11,13-23,26,29-41,43-47,49,51-52H2,1-2H3,(H,57,61)/b6-4+,25-24-,28-27-,42-12+,50-48+. The molecule has 0 heterocycles. The maximum Gasteiger partial charge on any atom is 0.249 e. The van der Waals surface area contributed by atoms with Crippen LogP contribution in [0.1, 0.15) is 264 Å². The molecule has 0 fully saturated rings. The maximum atomic E-state index is 12.4. The molecule has 61 heavy (non-hydrogen) atoms. The monoisotopic (exact) mass is 854 g/mol. The Balaban J connectivity index is 3.46. The van der Waals surface area contributed by atoms with Gasteiger partial charge < -0.3 is 20.6 Å². The summed E-state index contributed by atoms with van der Waals surface area (Å²) in [5.41, 5.74) is 0. The zero-order chi connectivity index (χ0) is 44.4. The Kier molecular flexibility index (Phi) is 49.1. The Hall–Kier alpha value is -1.95. The number of aliphatic hydroxyl groups excluding tert-OH is 3. The van der Waals surface area contributed by atoms with E-state index < -0.39 is 24.2 Å². The highest BCUT2D eigenvalue weighted by atomic mass is 16.3. The van der Waals surface area contributed by atoms with Gasteiger partial charge in [0.2, 0.25) is 5.91 Å². The minimum absolute atomic E-state index is 0.383. The lowest BCUT2D eigenvalue weighted by atomic mass is 10.0. The van der Waals surface area contributed by atoms with Gasteiger partial charge in [-0.1, -0.05) is 254 Å². The van der Waals surface area contributed by atoms with Crippen LogP contribution in [0.5, 0.6) is 0 Å². The molecular formula is C56H103NO4. The fraction of sp³-hybridized carbons (Fsp3) is 0.804. The summed E-state index contributed by atoms with van der Waals surface area (Å²) in [7, 11) is 0. The van der Waals surface area contributed by atoms with Crippen molar-refractivity contribution >= 4 is 5.91 Å². The van der Waals surface area contributed by atoms with Gasteiger partial charge in [0.15, 0.2) is 0 Å². The topological polar surface area (TPSA) is 89.8 Å². The van der Waals surface area contributed by atoms with Crippen molar-refractivity contribution in [3.63, 3.8) is 0 Å². The summed E-state index contributed by atoms with van der Waals surface area (Å²) in [5.74, 6) is -0.520. The summed E-state index contributed by atoms with van der Waals surface area (Å²) >= 11 is 0. The van der Waals surface area contributed by atoms with Gasteiger partial charge in [0.25, 0.3) is 0 Å². The fourth-order valence-electron chi connectivity index (χ4n) is 8.02. The van der Waals surface area contributed by atoms with Crippen molar-refractivity contribution in [2.24, 2.45) is 0 Å². The molecule has 0 aromatic carbocycles. The third-order valence-corrected chi connectivity index (χ3v) is 12.2. The quantitative estimate of drug-likeness (QED) is 0.0363. The number of nitrogens with one attached hydrogen (secondary N) is 1. The van der Waals surface area contributed by atoms with Gasteiger partial charge >= 0.3 is 0 Å². The van der Waals surface area contributed by atoms with E-state index in [2.05, 4.69) is 60.8 Å². The van der Waals surface area contributed by atoms with Crippen molar-refractivity contribution in [2.45, 2.75) is 283 Å². The van der Waals surface area contributed by atoms with E-state index >= 15 is 0 Å². The van der Waals surface area contributed by atoms with Gasteiger partial charge in [0, 0.05) is 0 Å². The van der Waals surface area contributed by atoms with Crippen LogP contribution in [0.2, 0.25) is 0 Å². The average molecular weight is 854 g/mol. The molecule has 5 nitrogen and oxygen atoms in total. The molecule has 3 atom stereocenters. The molecule has 0 radical (unpaired) electrons. The van der Waals surface area contributed by atoms with Gasteiger partial charge in [-0.3, -0.25) is 4.79 Å². The predicted molar refractivity (Wildman–Crippen MR) is 268 cm³/mol. The van der Waals surface area contributed by atoms with E-state index in [4.69, 9.17) is 0 Å². The van der Waals surface area contributed by atoms with Crippen LogP contribution < -0.4 is 5.32 Å². The van der Waals surface area contributed by atoms with E-state index in [-0.39, 0.29) is 6.61 Å². The van der Waals surface area contributed by atoms with Crippen LogP contribution in [-0.4, -0.2) is 46.1 Å². The van der Waals surface area contributed by atoms with Crippen LogP contribution >= 0.6 is 0 Å².